The second-order valence-corrected chi connectivity index (χ2v) is 9.58. The van der Waals surface area contributed by atoms with Crippen LogP contribution in [0.4, 0.5) is 4.39 Å². The van der Waals surface area contributed by atoms with Gasteiger partial charge in [-0.1, -0.05) is 66.7 Å². The van der Waals surface area contributed by atoms with Crippen LogP contribution in [-0.2, 0) is 31.5 Å². The lowest BCUT2D eigenvalue weighted by Gasteiger charge is -2.25. The van der Waals surface area contributed by atoms with E-state index in [2.05, 4.69) is 4.90 Å². The van der Waals surface area contributed by atoms with Crippen molar-refractivity contribution in [3.05, 3.63) is 126 Å². The van der Waals surface area contributed by atoms with Crippen LogP contribution >= 0.6 is 0 Å². The van der Waals surface area contributed by atoms with E-state index in [-0.39, 0.29) is 12.4 Å². The average Bonchev–Trinajstić information content (AvgIpc) is 3.58. The van der Waals surface area contributed by atoms with Gasteiger partial charge in [0.25, 0.3) is 0 Å². The van der Waals surface area contributed by atoms with Gasteiger partial charge in [0.15, 0.2) is 0 Å². The number of aliphatic hydroxyl groups excluding tert-OH is 1. The Bertz CT molecular complexity index is 1470. The Balaban J connectivity index is 1.40. The number of halogens is 1. The summed E-state index contributed by atoms with van der Waals surface area (Å²) in [7, 11) is 1.80. The largest absolute Gasteiger partial charge is 0.468 e. The van der Waals surface area contributed by atoms with Crippen molar-refractivity contribution >= 4 is 0 Å². The lowest BCUT2D eigenvalue weighted by atomic mass is 10.1. The first kappa shape index (κ1) is 27.3. The van der Waals surface area contributed by atoms with Gasteiger partial charge in [0, 0.05) is 31.8 Å². The lowest BCUT2D eigenvalue weighted by Crippen LogP contribution is -2.34. The number of aryl methyl sites for hydroxylation is 1. The Kier molecular flexibility index (Phi) is 9.03. The minimum absolute atomic E-state index is 0.175. The van der Waals surface area contributed by atoms with Crippen LogP contribution in [0, 0.1) is 5.82 Å². The molecule has 0 bridgehead atoms. The third kappa shape index (κ3) is 7.24. The predicted octanol–water partition coefficient (Wildman–Crippen LogP) is 6.19. The molecule has 206 valence electrons. The zero-order valence-electron chi connectivity index (χ0n) is 22.3. The SMILES string of the molecule is Cn1nc(-c2ccccc2)c(CN(Cc2ccco2)C[C@@H](O)COCc2ccccc2)c1Oc1cccc(F)c1. The summed E-state index contributed by atoms with van der Waals surface area (Å²) >= 11 is 0. The number of benzene rings is 3. The standard InChI is InChI=1S/C32H32FN3O4/c1-35-32(40-28-15-8-14-26(33)18-28)30(31(34-35)25-12-6-3-7-13-25)21-36(20-29-16-9-17-39-29)19-27(37)23-38-22-24-10-4-2-5-11-24/h2-18,27,37H,19-23H2,1H3/t27-/m1/s1. The fourth-order valence-corrected chi connectivity index (χ4v) is 4.56. The molecule has 0 aliphatic rings. The molecule has 40 heavy (non-hydrogen) atoms. The number of ether oxygens (including phenoxy) is 2. The molecule has 0 aliphatic heterocycles. The smallest absolute Gasteiger partial charge is 0.222 e. The highest BCUT2D eigenvalue weighted by atomic mass is 19.1. The van der Waals surface area contributed by atoms with E-state index in [1.807, 2.05) is 72.8 Å². The van der Waals surface area contributed by atoms with Gasteiger partial charge in [-0.3, -0.25) is 4.90 Å². The maximum atomic E-state index is 14.0. The fourth-order valence-electron chi connectivity index (χ4n) is 4.56. The summed E-state index contributed by atoms with van der Waals surface area (Å²) in [4.78, 5) is 2.07. The molecule has 3 aromatic carbocycles. The molecule has 0 saturated carbocycles. The third-order valence-electron chi connectivity index (χ3n) is 6.38. The van der Waals surface area contributed by atoms with E-state index in [4.69, 9.17) is 19.0 Å². The molecule has 0 saturated heterocycles. The second-order valence-electron chi connectivity index (χ2n) is 9.58. The Morgan fingerprint density at radius 3 is 2.45 bits per heavy atom. The van der Waals surface area contributed by atoms with Crippen LogP contribution in [-0.4, -0.2) is 39.0 Å². The number of aromatic nitrogens is 2. The van der Waals surface area contributed by atoms with Crippen molar-refractivity contribution in [2.75, 3.05) is 13.2 Å². The molecule has 2 aromatic heterocycles. The van der Waals surface area contributed by atoms with Crippen LogP contribution in [0.25, 0.3) is 11.3 Å². The van der Waals surface area contributed by atoms with E-state index in [0.29, 0.717) is 37.9 Å². The van der Waals surface area contributed by atoms with Crippen molar-refractivity contribution in [2.24, 2.45) is 7.05 Å². The van der Waals surface area contributed by atoms with Crippen molar-refractivity contribution in [3.63, 3.8) is 0 Å². The summed E-state index contributed by atoms with van der Waals surface area (Å²) in [6.45, 7) is 1.75. The number of hydrogen-bond acceptors (Lipinski definition) is 6. The van der Waals surface area contributed by atoms with Crippen molar-refractivity contribution in [1.29, 1.82) is 0 Å². The molecule has 0 fully saturated rings. The van der Waals surface area contributed by atoms with E-state index in [1.54, 1.807) is 30.1 Å². The van der Waals surface area contributed by atoms with Gasteiger partial charge in [0.2, 0.25) is 5.88 Å². The molecule has 5 rings (SSSR count). The zero-order chi connectivity index (χ0) is 27.7. The number of nitrogens with zero attached hydrogens (tertiary/aromatic N) is 3. The summed E-state index contributed by atoms with van der Waals surface area (Å²) in [5, 5.41) is 15.7. The van der Waals surface area contributed by atoms with E-state index < -0.39 is 6.10 Å². The lowest BCUT2D eigenvalue weighted by molar-refractivity contribution is 0.00606. The van der Waals surface area contributed by atoms with Gasteiger partial charge in [-0.15, -0.1) is 0 Å². The molecular formula is C32H32FN3O4. The molecule has 0 spiro atoms. The zero-order valence-corrected chi connectivity index (χ0v) is 22.3. The molecule has 5 aromatic rings. The molecule has 1 N–H and O–H groups in total. The van der Waals surface area contributed by atoms with E-state index >= 15 is 0 Å². The van der Waals surface area contributed by atoms with Crippen LogP contribution in [0.15, 0.2) is 108 Å². The highest BCUT2D eigenvalue weighted by Gasteiger charge is 2.24. The molecule has 1 atom stereocenters. The second kappa shape index (κ2) is 13.2. The molecule has 8 heteroatoms. The number of hydrogen-bond donors (Lipinski definition) is 1. The highest BCUT2D eigenvalue weighted by molar-refractivity contribution is 5.65. The molecular weight excluding hydrogens is 509 g/mol. The van der Waals surface area contributed by atoms with Crippen LogP contribution in [0.5, 0.6) is 11.6 Å². The summed E-state index contributed by atoms with van der Waals surface area (Å²) in [5.41, 5.74) is 3.52. The van der Waals surface area contributed by atoms with Crippen LogP contribution in [0.1, 0.15) is 16.9 Å². The number of aliphatic hydroxyl groups is 1. The van der Waals surface area contributed by atoms with Gasteiger partial charge in [-0.05, 0) is 29.8 Å². The first-order chi connectivity index (χ1) is 19.5. The fraction of sp³-hybridized carbons (Fsp3) is 0.219. The first-order valence-corrected chi connectivity index (χ1v) is 13.1. The predicted molar refractivity (Wildman–Crippen MR) is 150 cm³/mol. The summed E-state index contributed by atoms with van der Waals surface area (Å²) in [6.07, 6.45) is 0.883. The number of rotatable bonds is 13. The molecule has 2 heterocycles. The van der Waals surface area contributed by atoms with Crippen LogP contribution < -0.4 is 4.74 Å². The van der Waals surface area contributed by atoms with Crippen molar-refractivity contribution in [1.82, 2.24) is 14.7 Å². The van der Waals surface area contributed by atoms with Gasteiger partial charge in [-0.25, -0.2) is 9.07 Å². The molecule has 0 unspecified atom stereocenters. The first-order valence-electron chi connectivity index (χ1n) is 13.1. The maximum absolute atomic E-state index is 14.0. The molecule has 0 radical (unpaired) electrons. The Hall–Kier alpha value is -4.24. The normalized spacial score (nSPS) is 12.1. The quantitative estimate of drug-likeness (QED) is 0.192. The van der Waals surface area contributed by atoms with Gasteiger partial charge in [0.05, 0.1) is 37.7 Å². The van der Waals surface area contributed by atoms with Crippen molar-refractivity contribution in [2.45, 2.75) is 25.8 Å². The molecule has 0 aliphatic carbocycles. The minimum Gasteiger partial charge on any atom is -0.468 e. The van der Waals surface area contributed by atoms with Gasteiger partial charge < -0.3 is 19.0 Å². The van der Waals surface area contributed by atoms with Gasteiger partial charge in [-0.2, -0.15) is 5.10 Å². The Morgan fingerprint density at radius 1 is 0.950 bits per heavy atom. The number of furan rings is 1. The maximum Gasteiger partial charge on any atom is 0.222 e. The summed E-state index contributed by atoms with van der Waals surface area (Å²) in [6, 6.07) is 29.4. The van der Waals surface area contributed by atoms with Crippen molar-refractivity contribution in [3.8, 4) is 22.9 Å². The summed E-state index contributed by atoms with van der Waals surface area (Å²) in [5.74, 6) is 1.23. The average molecular weight is 542 g/mol. The van der Waals surface area contributed by atoms with Gasteiger partial charge >= 0.3 is 0 Å². The van der Waals surface area contributed by atoms with Crippen molar-refractivity contribution < 1.29 is 23.4 Å². The Morgan fingerprint density at radius 2 is 1.73 bits per heavy atom. The topological polar surface area (TPSA) is 72.9 Å². The molecule has 7 nitrogen and oxygen atoms in total. The third-order valence-corrected chi connectivity index (χ3v) is 6.38. The minimum atomic E-state index is -0.747. The van der Waals surface area contributed by atoms with Crippen LogP contribution in [0.3, 0.4) is 0 Å². The monoisotopic (exact) mass is 541 g/mol. The van der Waals surface area contributed by atoms with Crippen LogP contribution in [0.2, 0.25) is 0 Å². The highest BCUT2D eigenvalue weighted by Crippen LogP contribution is 2.34. The van der Waals surface area contributed by atoms with E-state index in [0.717, 1.165) is 28.1 Å². The molecule has 0 amide bonds. The van der Waals surface area contributed by atoms with E-state index in [9.17, 15) is 9.50 Å². The Labute approximate surface area is 233 Å². The van der Waals surface area contributed by atoms with Gasteiger partial charge in [0.1, 0.15) is 23.0 Å². The van der Waals surface area contributed by atoms with E-state index in [1.165, 1.54) is 12.1 Å². The summed E-state index contributed by atoms with van der Waals surface area (Å²) < 4.78 is 33.3.